The number of carboxylic acids is 1. The second kappa shape index (κ2) is 16.8. The fourth-order valence-corrected chi connectivity index (χ4v) is 4.68. The van der Waals surface area contributed by atoms with E-state index in [0.29, 0.717) is 12.8 Å². The van der Waals surface area contributed by atoms with Gasteiger partial charge in [0.25, 0.3) is 0 Å². The van der Waals surface area contributed by atoms with Gasteiger partial charge >= 0.3 is 18.1 Å². The first-order valence-corrected chi connectivity index (χ1v) is 15.3. The number of rotatable bonds is 15. The molecule has 0 aliphatic carbocycles. The van der Waals surface area contributed by atoms with Crippen molar-refractivity contribution in [1.29, 1.82) is 0 Å². The molecule has 3 atom stereocenters. The molecule has 0 radical (unpaired) electrons. The van der Waals surface area contributed by atoms with E-state index in [4.69, 9.17) is 4.74 Å². The second-order valence-electron chi connectivity index (χ2n) is 11.9. The molecule has 1 heterocycles. The average molecular weight is 637 g/mol. The number of hydrogen-bond donors (Lipinski definition) is 7. The third kappa shape index (κ3) is 11.8. The predicted molar refractivity (Wildman–Crippen MR) is 173 cm³/mol. The number of alkyl carbamates (subject to hydrolysis) is 1. The molecule has 0 unspecified atom stereocenters. The van der Waals surface area contributed by atoms with Crippen LogP contribution in [-0.4, -0.2) is 63.8 Å². The van der Waals surface area contributed by atoms with Crippen LogP contribution in [0.3, 0.4) is 0 Å². The molecule has 0 spiro atoms. The van der Waals surface area contributed by atoms with Crippen LogP contribution in [0, 0.1) is 0 Å². The maximum Gasteiger partial charge on any atom is 0.408 e. The number of nitrogens with one attached hydrogen (secondary N) is 6. The molecule has 46 heavy (non-hydrogen) atoms. The standard InChI is InChI=1S/C33H44N6O7/c1-5-6-16-27(39-30(43)26(18-28(40)41)36-31(44)35-19-21-12-8-7-9-13-21)38-29(42)25(37-32(45)46-33(2,3)4)17-22-20-34-24-15-11-10-14-23(22)24/h7-15,20,25-27,34H,5-6,16-19H2,1-4H3,(H,37,45)(H,38,42)(H,39,43)(H,40,41)(H2,35,36,44)/t25-,26+,27-/m1/s1. The van der Waals surface area contributed by atoms with E-state index in [2.05, 4.69) is 31.6 Å². The van der Waals surface area contributed by atoms with Gasteiger partial charge in [-0.15, -0.1) is 0 Å². The molecule has 5 amide bonds. The van der Waals surface area contributed by atoms with Crippen LogP contribution in [0.2, 0.25) is 0 Å². The Labute approximate surface area is 268 Å². The maximum absolute atomic E-state index is 13.7. The monoisotopic (exact) mass is 636 g/mol. The van der Waals surface area contributed by atoms with Crippen molar-refractivity contribution < 1.29 is 33.8 Å². The van der Waals surface area contributed by atoms with Crippen LogP contribution in [0.1, 0.15) is 64.5 Å². The first kappa shape index (κ1) is 35.4. The van der Waals surface area contributed by atoms with Crippen LogP contribution in [0.5, 0.6) is 0 Å². The Balaban J connectivity index is 1.74. The van der Waals surface area contributed by atoms with Gasteiger partial charge in [0.05, 0.1) is 6.42 Å². The minimum Gasteiger partial charge on any atom is -0.481 e. The minimum absolute atomic E-state index is 0.119. The number of aromatic nitrogens is 1. The SMILES string of the molecule is CCCC[C@@H](NC(=O)[C@H](CC(=O)O)NC(=O)NCc1ccccc1)NC(=O)[C@@H](Cc1c[nH]c2ccccc12)NC(=O)OC(C)(C)C. The van der Waals surface area contributed by atoms with E-state index in [-0.39, 0.29) is 13.0 Å². The van der Waals surface area contributed by atoms with Crippen molar-refractivity contribution in [3.8, 4) is 0 Å². The molecule has 3 rings (SSSR count). The number of aromatic amines is 1. The molecule has 0 bridgehead atoms. The number of aliphatic carboxylic acids is 1. The third-order valence-corrected chi connectivity index (χ3v) is 6.88. The largest absolute Gasteiger partial charge is 0.481 e. The molecule has 0 aliphatic heterocycles. The summed E-state index contributed by atoms with van der Waals surface area (Å²) >= 11 is 0. The van der Waals surface area contributed by atoms with Crippen molar-refractivity contribution in [3.63, 3.8) is 0 Å². The molecule has 13 heteroatoms. The number of benzene rings is 2. The van der Waals surface area contributed by atoms with E-state index < -0.39 is 60.2 Å². The van der Waals surface area contributed by atoms with Gasteiger partial charge in [-0.05, 0) is 50.8 Å². The maximum atomic E-state index is 13.7. The molecule has 1 aromatic heterocycles. The van der Waals surface area contributed by atoms with Crippen molar-refractivity contribution in [3.05, 3.63) is 71.9 Å². The summed E-state index contributed by atoms with van der Waals surface area (Å²) in [5.74, 6) is -2.66. The van der Waals surface area contributed by atoms with Crippen molar-refractivity contribution in [1.82, 2.24) is 31.6 Å². The summed E-state index contributed by atoms with van der Waals surface area (Å²) in [7, 11) is 0. The zero-order valence-corrected chi connectivity index (χ0v) is 26.6. The minimum atomic E-state index is -1.42. The summed E-state index contributed by atoms with van der Waals surface area (Å²) in [5.41, 5.74) is 1.67. The lowest BCUT2D eigenvalue weighted by molar-refractivity contribution is -0.140. The highest BCUT2D eigenvalue weighted by Crippen LogP contribution is 2.19. The van der Waals surface area contributed by atoms with Crippen LogP contribution >= 0.6 is 0 Å². The Morgan fingerprint density at radius 2 is 1.52 bits per heavy atom. The van der Waals surface area contributed by atoms with E-state index in [0.717, 1.165) is 28.5 Å². The number of ether oxygens (including phenoxy) is 1. The lowest BCUT2D eigenvalue weighted by Gasteiger charge is -2.27. The molecule has 13 nitrogen and oxygen atoms in total. The van der Waals surface area contributed by atoms with Gasteiger partial charge < -0.3 is 41.4 Å². The lowest BCUT2D eigenvalue weighted by Crippen LogP contribution is -2.59. The number of urea groups is 1. The Morgan fingerprint density at radius 1 is 0.870 bits per heavy atom. The van der Waals surface area contributed by atoms with E-state index in [1.807, 2.05) is 61.5 Å². The number of unbranched alkanes of at least 4 members (excludes halogenated alkanes) is 1. The Bertz CT molecular complexity index is 1480. The molecule has 0 aliphatic rings. The average Bonchev–Trinajstić information content (AvgIpc) is 3.40. The predicted octanol–water partition coefficient (Wildman–Crippen LogP) is 3.70. The highest BCUT2D eigenvalue weighted by Gasteiger charge is 2.30. The number of amides is 5. The zero-order chi connectivity index (χ0) is 33.7. The number of H-pyrrole nitrogens is 1. The van der Waals surface area contributed by atoms with E-state index in [1.165, 1.54) is 0 Å². The summed E-state index contributed by atoms with van der Waals surface area (Å²) in [5, 5.41) is 23.5. The van der Waals surface area contributed by atoms with Gasteiger partial charge in [0.15, 0.2) is 0 Å². The molecule has 7 N–H and O–H groups in total. The molecular formula is C33H44N6O7. The van der Waals surface area contributed by atoms with Crippen LogP contribution in [0.4, 0.5) is 9.59 Å². The summed E-state index contributed by atoms with van der Waals surface area (Å²) in [6, 6.07) is 13.4. The number of para-hydroxylation sites is 1. The van der Waals surface area contributed by atoms with Crippen molar-refractivity contribution in [2.45, 2.75) is 90.2 Å². The van der Waals surface area contributed by atoms with Gasteiger partial charge in [0, 0.05) is 30.1 Å². The Kier molecular flexibility index (Phi) is 13.0. The smallest absolute Gasteiger partial charge is 0.408 e. The summed E-state index contributed by atoms with van der Waals surface area (Å²) in [6.45, 7) is 7.24. The first-order chi connectivity index (χ1) is 21.8. The van der Waals surface area contributed by atoms with Gasteiger partial charge in [-0.2, -0.15) is 0 Å². The van der Waals surface area contributed by atoms with Crippen LogP contribution in [-0.2, 0) is 32.1 Å². The highest BCUT2D eigenvalue weighted by atomic mass is 16.6. The Morgan fingerprint density at radius 3 is 2.17 bits per heavy atom. The van der Waals surface area contributed by atoms with Crippen LogP contribution < -0.4 is 26.6 Å². The van der Waals surface area contributed by atoms with Gasteiger partial charge in [-0.25, -0.2) is 9.59 Å². The summed E-state index contributed by atoms with van der Waals surface area (Å²) in [4.78, 5) is 67.0. The van der Waals surface area contributed by atoms with Crippen molar-refractivity contribution in [2.75, 3.05) is 0 Å². The third-order valence-electron chi connectivity index (χ3n) is 6.88. The normalized spacial score (nSPS) is 13.1. The Hall–Kier alpha value is -5.07. The number of fused-ring (bicyclic) bond motifs is 1. The lowest BCUT2D eigenvalue weighted by atomic mass is 10.0. The first-order valence-electron chi connectivity index (χ1n) is 15.3. The van der Waals surface area contributed by atoms with E-state index >= 15 is 0 Å². The van der Waals surface area contributed by atoms with E-state index in [1.54, 1.807) is 27.0 Å². The quantitative estimate of drug-likeness (QED) is 0.124. The molecule has 2 aromatic carbocycles. The molecule has 0 saturated heterocycles. The molecule has 248 valence electrons. The fourth-order valence-electron chi connectivity index (χ4n) is 4.68. The van der Waals surface area contributed by atoms with Gasteiger partial charge in [0.1, 0.15) is 23.9 Å². The fraction of sp³-hybridized carbons (Fsp3) is 0.424. The molecule has 0 fully saturated rings. The molecule has 0 saturated carbocycles. The number of carboxylic acid groups (broad SMARTS) is 1. The second-order valence-corrected chi connectivity index (χ2v) is 11.9. The van der Waals surface area contributed by atoms with Crippen LogP contribution in [0.15, 0.2) is 60.8 Å². The summed E-state index contributed by atoms with van der Waals surface area (Å²) in [6.07, 6.45) is 1.19. The van der Waals surface area contributed by atoms with Gasteiger partial charge in [-0.1, -0.05) is 61.9 Å². The number of carbonyl (C=O) groups excluding carboxylic acids is 4. The van der Waals surface area contributed by atoms with Crippen molar-refractivity contribution >= 4 is 40.8 Å². The highest BCUT2D eigenvalue weighted by molar-refractivity contribution is 5.92. The number of hydrogen-bond acceptors (Lipinski definition) is 6. The van der Waals surface area contributed by atoms with Crippen LogP contribution in [0.25, 0.3) is 10.9 Å². The van der Waals surface area contributed by atoms with Gasteiger partial charge in [0.2, 0.25) is 11.8 Å². The number of carbonyl (C=O) groups is 5. The topological polar surface area (TPSA) is 191 Å². The van der Waals surface area contributed by atoms with Crippen molar-refractivity contribution in [2.24, 2.45) is 0 Å². The molecular weight excluding hydrogens is 592 g/mol. The summed E-state index contributed by atoms with van der Waals surface area (Å²) < 4.78 is 5.40. The van der Waals surface area contributed by atoms with E-state index in [9.17, 15) is 29.1 Å². The zero-order valence-electron chi connectivity index (χ0n) is 26.6. The van der Waals surface area contributed by atoms with Gasteiger partial charge in [-0.3, -0.25) is 14.4 Å². The molecule has 3 aromatic rings.